The standard InChI is InChI=1S/C11H19FN2O2/c1-8(2)13-3-4-16-10(7-13)11(15)14-5-9(12)6-14/h8-10H,3-7H2,1-2H3/t10-/m1/s1. The van der Waals surface area contributed by atoms with Gasteiger partial charge < -0.3 is 9.64 Å². The van der Waals surface area contributed by atoms with E-state index in [2.05, 4.69) is 18.7 Å². The van der Waals surface area contributed by atoms with Crippen molar-refractivity contribution in [1.29, 1.82) is 0 Å². The number of halogens is 1. The molecule has 2 saturated heterocycles. The van der Waals surface area contributed by atoms with Gasteiger partial charge in [0.05, 0.1) is 19.7 Å². The molecular formula is C11H19FN2O2. The van der Waals surface area contributed by atoms with Gasteiger partial charge in [0.2, 0.25) is 0 Å². The van der Waals surface area contributed by atoms with E-state index in [-0.39, 0.29) is 19.0 Å². The molecule has 0 bridgehead atoms. The average molecular weight is 230 g/mol. The van der Waals surface area contributed by atoms with Gasteiger partial charge in [0.25, 0.3) is 5.91 Å². The minimum Gasteiger partial charge on any atom is -0.366 e. The zero-order valence-corrected chi connectivity index (χ0v) is 9.86. The number of nitrogens with zero attached hydrogens (tertiary/aromatic N) is 2. The summed E-state index contributed by atoms with van der Waals surface area (Å²) in [6.45, 7) is 6.77. The van der Waals surface area contributed by atoms with E-state index < -0.39 is 12.3 Å². The Morgan fingerprint density at radius 1 is 1.38 bits per heavy atom. The van der Waals surface area contributed by atoms with Gasteiger partial charge in [-0.3, -0.25) is 9.69 Å². The fraction of sp³-hybridized carbons (Fsp3) is 0.909. The zero-order valence-electron chi connectivity index (χ0n) is 9.86. The third-order valence-electron chi connectivity index (χ3n) is 3.25. The first-order valence-electron chi connectivity index (χ1n) is 5.86. The predicted octanol–water partition coefficient (Wildman–Crippen LogP) is 0.276. The Balaban J connectivity index is 1.86. The number of alkyl halides is 1. The van der Waals surface area contributed by atoms with Crippen LogP contribution < -0.4 is 0 Å². The van der Waals surface area contributed by atoms with Crippen molar-refractivity contribution in [3.63, 3.8) is 0 Å². The molecule has 0 N–H and O–H groups in total. The van der Waals surface area contributed by atoms with Crippen LogP contribution >= 0.6 is 0 Å². The molecule has 5 heteroatoms. The van der Waals surface area contributed by atoms with Gasteiger partial charge in [-0.25, -0.2) is 4.39 Å². The summed E-state index contributed by atoms with van der Waals surface area (Å²) >= 11 is 0. The fourth-order valence-corrected chi connectivity index (χ4v) is 2.10. The van der Waals surface area contributed by atoms with Gasteiger partial charge in [-0.2, -0.15) is 0 Å². The molecule has 0 aliphatic carbocycles. The molecule has 2 rings (SSSR count). The van der Waals surface area contributed by atoms with Crippen LogP contribution in [0.4, 0.5) is 4.39 Å². The summed E-state index contributed by atoms with van der Waals surface area (Å²) < 4.78 is 18.1. The molecule has 2 fully saturated rings. The maximum absolute atomic E-state index is 12.7. The van der Waals surface area contributed by atoms with Crippen molar-refractivity contribution >= 4 is 5.91 Å². The van der Waals surface area contributed by atoms with Crippen LogP contribution in [0.5, 0.6) is 0 Å². The first kappa shape index (κ1) is 11.8. The van der Waals surface area contributed by atoms with Crippen LogP contribution in [-0.2, 0) is 9.53 Å². The highest BCUT2D eigenvalue weighted by Gasteiger charge is 2.37. The van der Waals surface area contributed by atoms with Gasteiger partial charge in [0.15, 0.2) is 0 Å². The van der Waals surface area contributed by atoms with E-state index in [1.807, 2.05) is 0 Å². The molecule has 1 amide bonds. The normalized spacial score (nSPS) is 28.2. The van der Waals surface area contributed by atoms with Crippen LogP contribution in [0, 0.1) is 0 Å². The topological polar surface area (TPSA) is 32.8 Å². The third kappa shape index (κ3) is 2.35. The van der Waals surface area contributed by atoms with Gasteiger partial charge in [0, 0.05) is 19.1 Å². The Labute approximate surface area is 95.3 Å². The minimum atomic E-state index is -0.839. The molecule has 0 saturated carbocycles. The number of carbonyl (C=O) groups is 1. The number of morpholine rings is 1. The van der Waals surface area contributed by atoms with Crippen LogP contribution in [0.25, 0.3) is 0 Å². The van der Waals surface area contributed by atoms with E-state index in [1.165, 1.54) is 0 Å². The number of ether oxygens (including phenoxy) is 1. The van der Waals surface area contributed by atoms with Crippen molar-refractivity contribution in [3.05, 3.63) is 0 Å². The first-order valence-corrected chi connectivity index (χ1v) is 5.86. The lowest BCUT2D eigenvalue weighted by atomic mass is 10.1. The molecule has 16 heavy (non-hydrogen) atoms. The number of carbonyl (C=O) groups excluding carboxylic acids is 1. The lowest BCUT2D eigenvalue weighted by molar-refractivity contribution is -0.157. The number of likely N-dealkylation sites (tertiary alicyclic amines) is 1. The summed E-state index contributed by atoms with van der Waals surface area (Å²) in [4.78, 5) is 15.7. The molecule has 92 valence electrons. The molecule has 4 nitrogen and oxygen atoms in total. The Bertz CT molecular complexity index is 267. The summed E-state index contributed by atoms with van der Waals surface area (Å²) in [5.41, 5.74) is 0. The summed E-state index contributed by atoms with van der Waals surface area (Å²) in [6, 6.07) is 0.421. The van der Waals surface area contributed by atoms with E-state index >= 15 is 0 Å². The molecule has 1 atom stereocenters. The summed E-state index contributed by atoms with van der Waals surface area (Å²) in [5, 5.41) is 0. The molecule has 0 aromatic carbocycles. The van der Waals surface area contributed by atoms with E-state index in [4.69, 9.17) is 4.74 Å². The lowest BCUT2D eigenvalue weighted by Gasteiger charge is -2.40. The SMILES string of the molecule is CC(C)N1CCO[C@@H](C(=O)N2CC(F)C2)C1. The van der Waals surface area contributed by atoms with Gasteiger partial charge in [-0.15, -0.1) is 0 Å². The maximum Gasteiger partial charge on any atom is 0.253 e. The summed E-state index contributed by atoms with van der Waals surface area (Å²) in [7, 11) is 0. The van der Waals surface area contributed by atoms with E-state index in [9.17, 15) is 9.18 Å². The Morgan fingerprint density at radius 3 is 2.62 bits per heavy atom. The van der Waals surface area contributed by atoms with Crippen molar-refractivity contribution in [2.45, 2.75) is 32.2 Å². The highest BCUT2D eigenvalue weighted by molar-refractivity contribution is 5.82. The molecule has 0 spiro atoms. The fourth-order valence-electron chi connectivity index (χ4n) is 2.10. The quantitative estimate of drug-likeness (QED) is 0.683. The van der Waals surface area contributed by atoms with Crippen LogP contribution in [0.2, 0.25) is 0 Å². The monoisotopic (exact) mass is 230 g/mol. The Morgan fingerprint density at radius 2 is 2.06 bits per heavy atom. The van der Waals surface area contributed by atoms with Crippen molar-refractivity contribution in [3.8, 4) is 0 Å². The first-order chi connectivity index (χ1) is 7.58. The average Bonchev–Trinajstić information content (AvgIpc) is 2.24. The molecule has 0 aromatic heterocycles. The number of amides is 1. The number of hydrogen-bond donors (Lipinski definition) is 0. The molecular weight excluding hydrogens is 211 g/mol. The minimum absolute atomic E-state index is 0.0562. The van der Waals surface area contributed by atoms with Gasteiger partial charge >= 0.3 is 0 Å². The predicted molar refractivity (Wildman–Crippen MR) is 57.9 cm³/mol. The van der Waals surface area contributed by atoms with Crippen LogP contribution in [0.15, 0.2) is 0 Å². The second-order valence-corrected chi connectivity index (χ2v) is 4.79. The molecule has 0 aromatic rings. The van der Waals surface area contributed by atoms with Crippen molar-refractivity contribution in [1.82, 2.24) is 9.80 Å². The molecule has 2 aliphatic heterocycles. The Kier molecular flexibility index (Phi) is 3.44. The molecule has 0 radical (unpaired) electrons. The third-order valence-corrected chi connectivity index (χ3v) is 3.25. The summed E-state index contributed by atoms with van der Waals surface area (Å²) in [6.07, 6.45) is -1.24. The number of hydrogen-bond acceptors (Lipinski definition) is 3. The highest BCUT2D eigenvalue weighted by Crippen LogP contribution is 2.17. The molecule has 2 aliphatic rings. The zero-order chi connectivity index (χ0) is 11.7. The smallest absolute Gasteiger partial charge is 0.253 e. The largest absolute Gasteiger partial charge is 0.366 e. The second kappa shape index (κ2) is 4.67. The highest BCUT2D eigenvalue weighted by atomic mass is 19.1. The van der Waals surface area contributed by atoms with Crippen LogP contribution in [0.3, 0.4) is 0 Å². The van der Waals surface area contributed by atoms with E-state index in [0.717, 1.165) is 6.54 Å². The van der Waals surface area contributed by atoms with Gasteiger partial charge in [0.1, 0.15) is 12.3 Å². The van der Waals surface area contributed by atoms with Gasteiger partial charge in [-0.1, -0.05) is 0 Å². The van der Waals surface area contributed by atoms with Crippen molar-refractivity contribution in [2.24, 2.45) is 0 Å². The lowest BCUT2D eigenvalue weighted by Crippen LogP contribution is -2.59. The van der Waals surface area contributed by atoms with E-state index in [0.29, 0.717) is 19.2 Å². The van der Waals surface area contributed by atoms with Crippen molar-refractivity contribution < 1.29 is 13.9 Å². The molecule has 0 unspecified atom stereocenters. The maximum atomic E-state index is 12.7. The second-order valence-electron chi connectivity index (χ2n) is 4.79. The Hall–Kier alpha value is -0.680. The van der Waals surface area contributed by atoms with Crippen LogP contribution in [-0.4, -0.2) is 66.8 Å². The van der Waals surface area contributed by atoms with E-state index in [1.54, 1.807) is 4.90 Å². The molecule has 2 heterocycles. The number of rotatable bonds is 2. The van der Waals surface area contributed by atoms with Crippen LogP contribution in [0.1, 0.15) is 13.8 Å². The van der Waals surface area contributed by atoms with Crippen molar-refractivity contribution in [2.75, 3.05) is 32.8 Å². The summed E-state index contributed by atoms with van der Waals surface area (Å²) in [5.74, 6) is -0.0562. The van der Waals surface area contributed by atoms with Gasteiger partial charge in [-0.05, 0) is 13.8 Å².